The Hall–Kier alpha value is -1.85. The van der Waals surface area contributed by atoms with Crippen LogP contribution >= 0.6 is 0 Å². The standard InChI is InChI=1S/C20H28N2O3/c1-2-18(21-20(23)17-9-6-11-24-15-17)19-14-22(10-12-25-19)13-16-7-4-3-5-8-16/h3-5,7-8,15,18-19H,2,6,9-14H2,1H3,(H,21,23)/t18-,19+/m1/s1. The normalized spacial score (nSPS) is 22.6. The van der Waals surface area contributed by atoms with E-state index in [1.165, 1.54) is 5.56 Å². The van der Waals surface area contributed by atoms with Crippen molar-refractivity contribution in [3.8, 4) is 0 Å². The Bertz CT molecular complexity index is 588. The van der Waals surface area contributed by atoms with Gasteiger partial charge in [0, 0.05) is 19.6 Å². The summed E-state index contributed by atoms with van der Waals surface area (Å²) in [6, 6.07) is 10.5. The molecule has 0 aliphatic carbocycles. The number of carbonyl (C=O) groups is 1. The van der Waals surface area contributed by atoms with Crippen molar-refractivity contribution in [2.45, 2.75) is 44.9 Å². The van der Waals surface area contributed by atoms with Crippen molar-refractivity contribution in [3.05, 3.63) is 47.7 Å². The Morgan fingerprint density at radius 2 is 2.16 bits per heavy atom. The predicted molar refractivity (Wildman–Crippen MR) is 96.9 cm³/mol. The fraction of sp³-hybridized carbons (Fsp3) is 0.550. The molecule has 0 spiro atoms. The highest BCUT2D eigenvalue weighted by Crippen LogP contribution is 2.17. The van der Waals surface area contributed by atoms with Crippen LogP contribution in [0.15, 0.2) is 42.2 Å². The van der Waals surface area contributed by atoms with Crippen molar-refractivity contribution in [2.24, 2.45) is 0 Å². The molecule has 1 aromatic carbocycles. The number of benzene rings is 1. The van der Waals surface area contributed by atoms with Gasteiger partial charge in [0.15, 0.2) is 0 Å². The van der Waals surface area contributed by atoms with Gasteiger partial charge in [0.25, 0.3) is 5.91 Å². The van der Waals surface area contributed by atoms with E-state index in [1.54, 1.807) is 6.26 Å². The highest BCUT2D eigenvalue weighted by molar-refractivity contribution is 5.93. The minimum absolute atomic E-state index is 0.0182. The van der Waals surface area contributed by atoms with Gasteiger partial charge >= 0.3 is 0 Å². The van der Waals surface area contributed by atoms with Gasteiger partial charge in [0.05, 0.1) is 37.2 Å². The Labute approximate surface area is 150 Å². The summed E-state index contributed by atoms with van der Waals surface area (Å²) < 4.78 is 11.3. The van der Waals surface area contributed by atoms with E-state index in [-0.39, 0.29) is 18.1 Å². The van der Waals surface area contributed by atoms with Crippen molar-refractivity contribution in [2.75, 3.05) is 26.3 Å². The number of carbonyl (C=O) groups excluding carboxylic acids is 1. The number of hydrogen-bond donors (Lipinski definition) is 1. The van der Waals surface area contributed by atoms with Crippen LogP contribution in [-0.4, -0.2) is 49.3 Å². The number of nitrogens with zero attached hydrogens (tertiary/aromatic N) is 1. The zero-order valence-corrected chi connectivity index (χ0v) is 14.9. The molecule has 2 aliphatic rings. The Morgan fingerprint density at radius 3 is 2.88 bits per heavy atom. The maximum atomic E-state index is 12.5. The van der Waals surface area contributed by atoms with E-state index in [0.717, 1.165) is 44.5 Å². The number of rotatable bonds is 6. The van der Waals surface area contributed by atoms with Crippen LogP contribution < -0.4 is 5.32 Å². The molecular weight excluding hydrogens is 316 g/mol. The van der Waals surface area contributed by atoms with Crippen LogP contribution in [0.3, 0.4) is 0 Å². The van der Waals surface area contributed by atoms with Gasteiger partial charge < -0.3 is 14.8 Å². The lowest BCUT2D eigenvalue weighted by molar-refractivity contribution is -0.121. The first kappa shape index (κ1) is 18.0. The summed E-state index contributed by atoms with van der Waals surface area (Å²) >= 11 is 0. The summed E-state index contributed by atoms with van der Waals surface area (Å²) in [5, 5.41) is 3.15. The minimum atomic E-state index is -0.0182. The average Bonchev–Trinajstić information content (AvgIpc) is 2.67. The van der Waals surface area contributed by atoms with Gasteiger partial charge in [-0.05, 0) is 24.8 Å². The van der Waals surface area contributed by atoms with Crippen LogP contribution in [-0.2, 0) is 20.8 Å². The molecule has 0 radical (unpaired) electrons. The molecule has 3 rings (SSSR count). The van der Waals surface area contributed by atoms with Gasteiger partial charge in [-0.2, -0.15) is 0 Å². The maximum Gasteiger partial charge on any atom is 0.250 e. The van der Waals surface area contributed by atoms with Gasteiger partial charge in [0.2, 0.25) is 0 Å². The molecular formula is C20H28N2O3. The Morgan fingerprint density at radius 1 is 1.32 bits per heavy atom. The van der Waals surface area contributed by atoms with Crippen LogP contribution in [0.4, 0.5) is 0 Å². The summed E-state index contributed by atoms with van der Waals surface area (Å²) in [6.45, 7) is 6.18. The fourth-order valence-electron chi connectivity index (χ4n) is 3.41. The summed E-state index contributed by atoms with van der Waals surface area (Å²) in [5.74, 6) is -0.0182. The molecule has 2 atom stereocenters. The molecule has 2 heterocycles. The summed E-state index contributed by atoms with van der Waals surface area (Å²) in [5.41, 5.74) is 2.05. The minimum Gasteiger partial charge on any atom is -0.501 e. The van der Waals surface area contributed by atoms with Gasteiger partial charge in [-0.15, -0.1) is 0 Å². The Balaban J connectivity index is 1.56. The van der Waals surface area contributed by atoms with Gasteiger partial charge in [-0.1, -0.05) is 37.3 Å². The number of morpholine rings is 1. The molecule has 0 unspecified atom stereocenters. The zero-order chi connectivity index (χ0) is 17.5. The number of amides is 1. The summed E-state index contributed by atoms with van der Waals surface area (Å²) in [7, 11) is 0. The van der Waals surface area contributed by atoms with E-state index < -0.39 is 0 Å². The molecule has 1 N–H and O–H groups in total. The topological polar surface area (TPSA) is 50.8 Å². The number of nitrogens with one attached hydrogen (secondary N) is 1. The highest BCUT2D eigenvalue weighted by Gasteiger charge is 2.29. The zero-order valence-electron chi connectivity index (χ0n) is 14.9. The van der Waals surface area contributed by atoms with Crippen molar-refractivity contribution < 1.29 is 14.3 Å². The lowest BCUT2D eigenvalue weighted by Crippen LogP contribution is -2.53. The molecule has 5 heteroatoms. The SMILES string of the molecule is CC[C@@H](NC(=O)C1=COCCC1)[C@@H]1CN(Cc2ccccc2)CCO1. The molecule has 0 saturated carbocycles. The first-order chi connectivity index (χ1) is 12.3. The molecule has 1 amide bonds. The average molecular weight is 344 g/mol. The second-order valence-corrected chi connectivity index (χ2v) is 6.74. The van der Waals surface area contributed by atoms with E-state index >= 15 is 0 Å². The largest absolute Gasteiger partial charge is 0.501 e. The molecule has 1 fully saturated rings. The quantitative estimate of drug-likeness (QED) is 0.861. The van der Waals surface area contributed by atoms with E-state index in [2.05, 4.69) is 41.4 Å². The van der Waals surface area contributed by atoms with Crippen molar-refractivity contribution in [1.82, 2.24) is 10.2 Å². The van der Waals surface area contributed by atoms with Crippen LogP contribution in [0.25, 0.3) is 0 Å². The van der Waals surface area contributed by atoms with E-state index in [1.807, 2.05) is 6.07 Å². The molecule has 25 heavy (non-hydrogen) atoms. The summed E-state index contributed by atoms with van der Waals surface area (Å²) in [6.07, 6.45) is 4.17. The highest BCUT2D eigenvalue weighted by atomic mass is 16.5. The number of hydrogen-bond acceptors (Lipinski definition) is 4. The fourth-order valence-corrected chi connectivity index (χ4v) is 3.41. The lowest BCUT2D eigenvalue weighted by Gasteiger charge is -2.37. The van der Waals surface area contributed by atoms with Crippen LogP contribution in [0.2, 0.25) is 0 Å². The first-order valence-corrected chi connectivity index (χ1v) is 9.25. The monoisotopic (exact) mass is 344 g/mol. The van der Waals surface area contributed by atoms with E-state index in [9.17, 15) is 4.79 Å². The predicted octanol–water partition coefficient (Wildman–Crippen LogP) is 2.48. The van der Waals surface area contributed by atoms with E-state index in [0.29, 0.717) is 13.2 Å². The third kappa shape index (κ3) is 5.06. The lowest BCUT2D eigenvalue weighted by atomic mass is 10.0. The van der Waals surface area contributed by atoms with Crippen molar-refractivity contribution in [1.29, 1.82) is 0 Å². The number of ether oxygens (including phenoxy) is 2. The molecule has 1 saturated heterocycles. The van der Waals surface area contributed by atoms with Crippen molar-refractivity contribution in [3.63, 3.8) is 0 Å². The third-order valence-corrected chi connectivity index (χ3v) is 4.86. The molecule has 2 aliphatic heterocycles. The smallest absolute Gasteiger partial charge is 0.250 e. The molecule has 136 valence electrons. The second kappa shape index (κ2) is 9.02. The summed E-state index contributed by atoms with van der Waals surface area (Å²) in [4.78, 5) is 14.9. The first-order valence-electron chi connectivity index (χ1n) is 9.25. The van der Waals surface area contributed by atoms with Crippen LogP contribution in [0, 0.1) is 0 Å². The molecule has 0 aromatic heterocycles. The molecule has 5 nitrogen and oxygen atoms in total. The second-order valence-electron chi connectivity index (χ2n) is 6.74. The van der Waals surface area contributed by atoms with Crippen molar-refractivity contribution >= 4 is 5.91 Å². The van der Waals surface area contributed by atoms with E-state index in [4.69, 9.17) is 9.47 Å². The van der Waals surface area contributed by atoms with Gasteiger partial charge in [-0.3, -0.25) is 9.69 Å². The molecule has 0 bridgehead atoms. The van der Waals surface area contributed by atoms with Gasteiger partial charge in [0.1, 0.15) is 0 Å². The van der Waals surface area contributed by atoms with Crippen LogP contribution in [0.1, 0.15) is 31.7 Å². The van der Waals surface area contributed by atoms with Crippen LogP contribution in [0.5, 0.6) is 0 Å². The molecule has 1 aromatic rings. The maximum absolute atomic E-state index is 12.5. The third-order valence-electron chi connectivity index (χ3n) is 4.86. The van der Waals surface area contributed by atoms with Gasteiger partial charge in [-0.25, -0.2) is 0 Å². The Kier molecular flexibility index (Phi) is 6.48.